The van der Waals surface area contributed by atoms with Gasteiger partial charge in [0.05, 0.1) is 5.56 Å². The molecule has 0 radical (unpaired) electrons. The van der Waals surface area contributed by atoms with E-state index in [1.54, 1.807) is 0 Å². The quantitative estimate of drug-likeness (QED) is 0.619. The van der Waals surface area contributed by atoms with Gasteiger partial charge < -0.3 is 14.3 Å². The summed E-state index contributed by atoms with van der Waals surface area (Å²) in [5, 5.41) is 9.28. The molecule has 0 spiro atoms. The van der Waals surface area contributed by atoms with Crippen molar-refractivity contribution < 1.29 is 14.3 Å². The molecular formula is C8H6O3. The predicted octanol–water partition coefficient (Wildman–Crippen LogP) is 1.56. The lowest BCUT2D eigenvalue weighted by Gasteiger charge is -2.00. The molecule has 1 atom stereocenters. The number of benzene rings is 1. The standard InChI is InChI=1S/C8H6O3/c1-3-5-2-4-7(10-5)6(3)11-8(4)9/h2,8-9H,1H3. The van der Waals surface area contributed by atoms with Crippen molar-refractivity contribution in [3.05, 3.63) is 17.2 Å². The van der Waals surface area contributed by atoms with Gasteiger partial charge in [0.25, 0.3) is 0 Å². The molecule has 11 heavy (non-hydrogen) atoms. The normalized spacial score (nSPS) is 21.5. The molecule has 1 aliphatic heterocycles. The number of ether oxygens (including phenoxy) is 1. The Morgan fingerprint density at radius 3 is 3.00 bits per heavy atom. The highest BCUT2D eigenvalue weighted by Crippen LogP contribution is 2.46. The molecule has 1 aliphatic rings. The summed E-state index contributed by atoms with van der Waals surface area (Å²) >= 11 is 0. The van der Waals surface area contributed by atoms with E-state index in [1.807, 2.05) is 13.0 Å². The molecule has 0 saturated heterocycles. The number of furan rings is 2. The van der Waals surface area contributed by atoms with Gasteiger partial charge in [-0.15, -0.1) is 0 Å². The second kappa shape index (κ2) is 1.36. The molecule has 3 heterocycles. The van der Waals surface area contributed by atoms with Crippen LogP contribution in [0, 0.1) is 6.92 Å². The Kier molecular flexibility index (Phi) is 0.671. The van der Waals surface area contributed by atoms with Gasteiger partial charge in [0, 0.05) is 5.56 Å². The summed E-state index contributed by atoms with van der Waals surface area (Å²) in [6, 6.07) is 1.83. The van der Waals surface area contributed by atoms with Gasteiger partial charge in [0.2, 0.25) is 6.29 Å². The number of rotatable bonds is 0. The van der Waals surface area contributed by atoms with E-state index in [2.05, 4.69) is 0 Å². The van der Waals surface area contributed by atoms with Crippen LogP contribution in [0.3, 0.4) is 0 Å². The largest absolute Gasteiger partial charge is 0.456 e. The lowest BCUT2D eigenvalue weighted by molar-refractivity contribution is -0.00847. The molecule has 0 amide bonds. The molecule has 3 nitrogen and oxygen atoms in total. The summed E-state index contributed by atoms with van der Waals surface area (Å²) in [4.78, 5) is 0. The third-order valence-electron chi connectivity index (χ3n) is 2.17. The van der Waals surface area contributed by atoms with Crippen molar-refractivity contribution in [2.75, 3.05) is 0 Å². The molecule has 56 valence electrons. The third-order valence-corrected chi connectivity index (χ3v) is 2.17. The summed E-state index contributed by atoms with van der Waals surface area (Å²) < 4.78 is 10.5. The maximum absolute atomic E-state index is 9.28. The third kappa shape index (κ3) is 0.426. The first-order valence-electron chi connectivity index (χ1n) is 3.47. The van der Waals surface area contributed by atoms with E-state index < -0.39 is 6.29 Å². The number of aliphatic hydroxyl groups excluding tert-OH is 1. The van der Waals surface area contributed by atoms with Crippen LogP contribution in [-0.4, -0.2) is 5.11 Å². The minimum atomic E-state index is -0.810. The van der Waals surface area contributed by atoms with E-state index >= 15 is 0 Å². The molecular weight excluding hydrogens is 144 g/mol. The maximum Gasteiger partial charge on any atom is 0.228 e. The summed E-state index contributed by atoms with van der Waals surface area (Å²) in [5.41, 5.74) is 3.28. The van der Waals surface area contributed by atoms with E-state index in [-0.39, 0.29) is 0 Å². The Balaban J connectivity index is 2.51. The van der Waals surface area contributed by atoms with Crippen LogP contribution in [0.25, 0.3) is 11.2 Å². The van der Waals surface area contributed by atoms with Crippen molar-refractivity contribution >= 4 is 11.2 Å². The fourth-order valence-corrected chi connectivity index (χ4v) is 1.55. The van der Waals surface area contributed by atoms with Crippen LogP contribution in [-0.2, 0) is 0 Å². The number of fused-ring (bicyclic) bond motifs is 1. The number of hydrogen-bond acceptors (Lipinski definition) is 3. The van der Waals surface area contributed by atoms with Crippen LogP contribution in [0.15, 0.2) is 10.5 Å². The van der Waals surface area contributed by atoms with E-state index in [4.69, 9.17) is 9.15 Å². The molecule has 1 unspecified atom stereocenters. The zero-order valence-electron chi connectivity index (χ0n) is 5.92. The predicted molar refractivity (Wildman–Crippen MR) is 37.7 cm³/mol. The molecule has 3 rings (SSSR count). The van der Waals surface area contributed by atoms with Crippen LogP contribution in [0.2, 0.25) is 0 Å². The Bertz CT molecular complexity index is 415. The number of aliphatic hydroxyl groups is 1. The highest BCUT2D eigenvalue weighted by molar-refractivity contribution is 5.82. The van der Waals surface area contributed by atoms with Crippen LogP contribution < -0.4 is 4.74 Å². The Labute approximate surface area is 62.5 Å². The van der Waals surface area contributed by atoms with Gasteiger partial charge in [-0.05, 0) is 13.0 Å². The smallest absolute Gasteiger partial charge is 0.228 e. The molecule has 0 aromatic carbocycles. The molecule has 0 fully saturated rings. The summed E-state index contributed by atoms with van der Waals surface area (Å²) in [5.74, 6) is 0.713. The zero-order valence-corrected chi connectivity index (χ0v) is 5.92. The Hall–Kier alpha value is -1.22. The lowest BCUT2D eigenvalue weighted by atomic mass is 10.2. The van der Waals surface area contributed by atoms with E-state index in [0.717, 1.165) is 16.7 Å². The molecule has 2 aromatic heterocycles. The SMILES string of the molecule is Cc1c2c3oc1cc3C(O)O2. The second-order valence-corrected chi connectivity index (χ2v) is 2.82. The van der Waals surface area contributed by atoms with Gasteiger partial charge in [-0.2, -0.15) is 0 Å². The van der Waals surface area contributed by atoms with Crippen LogP contribution in [0.1, 0.15) is 17.4 Å². The van der Waals surface area contributed by atoms with Crippen LogP contribution in [0.5, 0.6) is 5.75 Å². The van der Waals surface area contributed by atoms with Gasteiger partial charge in [-0.3, -0.25) is 0 Å². The minimum absolute atomic E-state index is 0.713. The maximum atomic E-state index is 9.28. The van der Waals surface area contributed by atoms with Gasteiger partial charge in [0.1, 0.15) is 5.58 Å². The van der Waals surface area contributed by atoms with E-state index in [9.17, 15) is 5.11 Å². The van der Waals surface area contributed by atoms with Crippen molar-refractivity contribution in [1.29, 1.82) is 0 Å². The van der Waals surface area contributed by atoms with Gasteiger partial charge >= 0.3 is 0 Å². The first-order chi connectivity index (χ1) is 5.27. The van der Waals surface area contributed by atoms with Gasteiger partial charge in [-0.1, -0.05) is 0 Å². The van der Waals surface area contributed by atoms with Crippen molar-refractivity contribution in [3.63, 3.8) is 0 Å². The highest BCUT2D eigenvalue weighted by Gasteiger charge is 2.32. The van der Waals surface area contributed by atoms with Crippen molar-refractivity contribution in [1.82, 2.24) is 0 Å². The molecule has 1 N–H and O–H groups in total. The fourth-order valence-electron chi connectivity index (χ4n) is 1.55. The molecule has 2 aromatic rings. The average molecular weight is 150 g/mol. The summed E-state index contributed by atoms with van der Waals surface area (Å²) in [6.45, 7) is 1.92. The molecule has 0 saturated carbocycles. The second-order valence-electron chi connectivity index (χ2n) is 2.82. The fraction of sp³-hybridized carbons (Fsp3) is 0.250. The Morgan fingerprint density at radius 1 is 1.55 bits per heavy atom. The first kappa shape index (κ1) is 5.43. The summed E-state index contributed by atoms with van der Waals surface area (Å²) in [6.07, 6.45) is -0.810. The molecule has 3 heteroatoms. The first-order valence-corrected chi connectivity index (χ1v) is 3.47. The van der Waals surface area contributed by atoms with Crippen LogP contribution >= 0.6 is 0 Å². The van der Waals surface area contributed by atoms with Crippen molar-refractivity contribution in [2.24, 2.45) is 0 Å². The van der Waals surface area contributed by atoms with Gasteiger partial charge in [0.15, 0.2) is 11.3 Å². The monoisotopic (exact) mass is 150 g/mol. The van der Waals surface area contributed by atoms with Crippen molar-refractivity contribution in [3.8, 4) is 5.75 Å². The van der Waals surface area contributed by atoms with Crippen molar-refractivity contribution in [2.45, 2.75) is 13.2 Å². The molecule has 0 aliphatic carbocycles. The summed E-state index contributed by atoms with van der Waals surface area (Å²) in [7, 11) is 0. The van der Waals surface area contributed by atoms with Gasteiger partial charge in [-0.25, -0.2) is 0 Å². The highest BCUT2D eigenvalue weighted by atomic mass is 16.6. The van der Waals surface area contributed by atoms with E-state index in [0.29, 0.717) is 11.3 Å². The minimum Gasteiger partial charge on any atom is -0.456 e. The zero-order chi connectivity index (χ0) is 7.59. The number of hydrogen-bond donors (Lipinski definition) is 1. The number of aryl methyl sites for hydroxylation is 1. The average Bonchev–Trinajstić information content (AvgIpc) is 2.53. The Morgan fingerprint density at radius 2 is 2.36 bits per heavy atom. The topological polar surface area (TPSA) is 42.6 Å². The lowest BCUT2D eigenvalue weighted by Crippen LogP contribution is -1.97. The van der Waals surface area contributed by atoms with E-state index in [1.165, 1.54) is 0 Å². The van der Waals surface area contributed by atoms with Crippen LogP contribution in [0.4, 0.5) is 0 Å². The molecule has 2 bridgehead atoms.